The van der Waals surface area contributed by atoms with E-state index in [-0.39, 0.29) is 18.7 Å². The topological polar surface area (TPSA) is 61.8 Å². The van der Waals surface area contributed by atoms with E-state index in [1.165, 1.54) is 0 Å². The monoisotopic (exact) mass is 340 g/mol. The summed E-state index contributed by atoms with van der Waals surface area (Å²) >= 11 is 6.20. The zero-order valence-electron chi connectivity index (χ0n) is 13.7. The fourth-order valence-corrected chi connectivity index (χ4v) is 2.58. The first-order valence-corrected chi connectivity index (χ1v) is 8.53. The lowest BCUT2D eigenvalue weighted by atomic mass is 10.3. The largest absolute Gasteiger partial charge is 0.489 e. The number of nitrogens with one attached hydrogen (secondary N) is 1. The number of anilines is 1. The number of ether oxygens (including phenoxy) is 1. The summed E-state index contributed by atoms with van der Waals surface area (Å²) in [5.41, 5.74) is 0.656. The van der Waals surface area contributed by atoms with Crippen molar-refractivity contribution in [3.05, 3.63) is 23.2 Å². The maximum atomic E-state index is 12.4. The van der Waals surface area contributed by atoms with Crippen LogP contribution in [0.1, 0.15) is 39.5 Å². The van der Waals surface area contributed by atoms with Crippen molar-refractivity contribution in [2.24, 2.45) is 0 Å². The maximum absolute atomic E-state index is 12.4. The number of halogens is 1. The van der Waals surface area contributed by atoms with Crippen molar-refractivity contribution in [3.63, 3.8) is 0 Å². The van der Waals surface area contributed by atoms with Gasteiger partial charge in [-0.25, -0.2) is 4.79 Å². The molecule has 6 heteroatoms. The van der Waals surface area contributed by atoms with Gasteiger partial charge in [-0.05, 0) is 57.7 Å². The van der Waals surface area contributed by atoms with Crippen LogP contribution < -0.4 is 10.1 Å². The van der Waals surface area contributed by atoms with Crippen LogP contribution >= 0.6 is 11.6 Å². The van der Waals surface area contributed by atoms with E-state index in [1.807, 2.05) is 18.7 Å². The average Bonchev–Trinajstić information content (AvgIpc) is 3.30. The van der Waals surface area contributed by atoms with Crippen LogP contribution in [0.25, 0.3) is 0 Å². The van der Waals surface area contributed by atoms with Crippen LogP contribution in [0.2, 0.25) is 5.02 Å². The molecule has 0 aliphatic heterocycles. The number of hydrogen-bond acceptors (Lipinski definition) is 3. The second-order valence-electron chi connectivity index (χ2n) is 6.10. The summed E-state index contributed by atoms with van der Waals surface area (Å²) in [6, 6.07) is 5.48. The van der Waals surface area contributed by atoms with Crippen molar-refractivity contribution < 1.29 is 14.6 Å². The number of amides is 2. The zero-order valence-corrected chi connectivity index (χ0v) is 14.5. The number of urea groups is 1. The van der Waals surface area contributed by atoms with Crippen LogP contribution in [0.3, 0.4) is 0 Å². The Kier molecular flexibility index (Phi) is 6.54. The fraction of sp³-hybridized carbons (Fsp3) is 0.588. The summed E-state index contributed by atoms with van der Waals surface area (Å²) in [5, 5.41) is 12.3. The highest BCUT2D eigenvalue weighted by atomic mass is 35.5. The third-order valence-corrected chi connectivity index (χ3v) is 3.90. The van der Waals surface area contributed by atoms with Crippen molar-refractivity contribution in [1.29, 1.82) is 0 Å². The van der Waals surface area contributed by atoms with Crippen molar-refractivity contribution in [2.75, 3.05) is 18.5 Å². The lowest BCUT2D eigenvalue weighted by Crippen LogP contribution is -2.37. The van der Waals surface area contributed by atoms with Gasteiger partial charge >= 0.3 is 6.03 Å². The molecule has 5 nitrogen and oxygen atoms in total. The zero-order chi connectivity index (χ0) is 16.8. The van der Waals surface area contributed by atoms with Crippen LogP contribution in [0.4, 0.5) is 10.5 Å². The van der Waals surface area contributed by atoms with E-state index in [4.69, 9.17) is 21.4 Å². The van der Waals surface area contributed by atoms with Gasteiger partial charge in [0, 0.05) is 24.9 Å². The van der Waals surface area contributed by atoms with Crippen LogP contribution in [-0.2, 0) is 0 Å². The smallest absolute Gasteiger partial charge is 0.322 e. The molecule has 23 heavy (non-hydrogen) atoms. The first-order valence-electron chi connectivity index (χ1n) is 8.16. The fourth-order valence-electron chi connectivity index (χ4n) is 2.35. The number of nitrogens with zero attached hydrogens (tertiary/aromatic N) is 1. The number of rotatable bonds is 8. The minimum Gasteiger partial charge on any atom is -0.489 e. The Bertz CT molecular complexity index is 533. The number of aliphatic hydroxyl groups is 1. The number of carbonyl (C=O) groups is 1. The van der Waals surface area contributed by atoms with Crippen molar-refractivity contribution >= 4 is 23.3 Å². The molecule has 0 aromatic heterocycles. The molecule has 2 amide bonds. The van der Waals surface area contributed by atoms with Gasteiger partial charge < -0.3 is 20.1 Å². The van der Waals surface area contributed by atoms with Gasteiger partial charge in [0.25, 0.3) is 0 Å². The Hall–Kier alpha value is -1.46. The molecule has 0 atom stereocenters. The molecule has 1 aliphatic rings. The molecule has 1 fully saturated rings. The summed E-state index contributed by atoms with van der Waals surface area (Å²) in [4.78, 5) is 14.3. The van der Waals surface area contributed by atoms with Crippen molar-refractivity contribution in [2.45, 2.75) is 51.7 Å². The third-order valence-electron chi connectivity index (χ3n) is 3.60. The van der Waals surface area contributed by atoms with Gasteiger partial charge in [-0.3, -0.25) is 0 Å². The summed E-state index contributed by atoms with van der Waals surface area (Å²) in [7, 11) is 0. The summed E-state index contributed by atoms with van der Waals surface area (Å²) < 4.78 is 5.59. The molecule has 0 unspecified atom stereocenters. The second-order valence-corrected chi connectivity index (χ2v) is 6.50. The van der Waals surface area contributed by atoms with E-state index in [1.54, 1.807) is 18.2 Å². The Labute approximate surface area is 142 Å². The molecular formula is C17H25ClN2O3. The molecule has 1 aliphatic carbocycles. The quantitative estimate of drug-likeness (QED) is 0.705. The van der Waals surface area contributed by atoms with Crippen LogP contribution in [0.15, 0.2) is 18.2 Å². The Morgan fingerprint density at radius 1 is 1.43 bits per heavy atom. The molecule has 1 saturated carbocycles. The second kappa shape index (κ2) is 8.41. The van der Waals surface area contributed by atoms with E-state index in [0.717, 1.165) is 19.3 Å². The molecule has 2 rings (SSSR count). The van der Waals surface area contributed by atoms with E-state index >= 15 is 0 Å². The van der Waals surface area contributed by atoms with Crippen LogP contribution in [0, 0.1) is 0 Å². The highest BCUT2D eigenvalue weighted by Gasteiger charge is 2.32. The van der Waals surface area contributed by atoms with Crippen LogP contribution in [0.5, 0.6) is 5.75 Å². The highest BCUT2D eigenvalue weighted by Crippen LogP contribution is 2.30. The predicted octanol–water partition coefficient (Wildman–Crippen LogP) is 3.90. The molecule has 0 radical (unpaired) electrons. The number of aliphatic hydroxyl groups excluding tert-OH is 1. The molecule has 0 bridgehead atoms. The number of benzene rings is 1. The minimum absolute atomic E-state index is 0.0461. The van der Waals surface area contributed by atoms with E-state index in [0.29, 0.717) is 35.5 Å². The molecule has 1 aromatic rings. The third kappa shape index (κ3) is 5.59. The maximum Gasteiger partial charge on any atom is 0.322 e. The van der Waals surface area contributed by atoms with Gasteiger partial charge in [0.15, 0.2) is 0 Å². The Balaban J connectivity index is 1.96. The first kappa shape index (κ1) is 17.9. The van der Waals surface area contributed by atoms with E-state index in [2.05, 4.69) is 5.32 Å². The van der Waals surface area contributed by atoms with E-state index in [9.17, 15) is 4.79 Å². The SMILES string of the molecule is CC(C)Oc1ccc(NC(=O)N(CCCCO)C2CC2)cc1Cl. The molecule has 0 saturated heterocycles. The molecule has 1 aromatic carbocycles. The molecule has 0 heterocycles. The normalized spacial score (nSPS) is 14.0. The summed E-state index contributed by atoms with van der Waals surface area (Å²) in [6.07, 6.45) is 3.67. The standard InChI is InChI=1S/C17H25ClN2O3/c1-12(2)23-16-8-5-13(11-15(16)18)19-17(22)20(14-6-7-14)9-3-4-10-21/h5,8,11-12,14,21H,3-4,6-7,9-10H2,1-2H3,(H,19,22). The lowest BCUT2D eigenvalue weighted by molar-refractivity contribution is 0.204. The summed E-state index contributed by atoms with van der Waals surface area (Å²) in [5.74, 6) is 0.613. The molecular weight excluding hydrogens is 316 g/mol. The first-order chi connectivity index (χ1) is 11.0. The van der Waals surface area contributed by atoms with Gasteiger partial charge in [-0.1, -0.05) is 11.6 Å². The number of unbranched alkanes of at least 4 members (excludes halogenated alkanes) is 1. The van der Waals surface area contributed by atoms with Crippen LogP contribution in [-0.4, -0.2) is 41.3 Å². The highest BCUT2D eigenvalue weighted by molar-refractivity contribution is 6.32. The minimum atomic E-state index is -0.112. The molecule has 128 valence electrons. The van der Waals surface area contributed by atoms with Crippen molar-refractivity contribution in [3.8, 4) is 5.75 Å². The van der Waals surface area contributed by atoms with Crippen molar-refractivity contribution in [1.82, 2.24) is 4.90 Å². The molecule has 2 N–H and O–H groups in total. The Morgan fingerprint density at radius 2 is 2.17 bits per heavy atom. The van der Waals surface area contributed by atoms with Gasteiger partial charge in [0.1, 0.15) is 5.75 Å². The number of carbonyl (C=O) groups excluding carboxylic acids is 1. The lowest BCUT2D eigenvalue weighted by Gasteiger charge is -2.23. The van der Waals surface area contributed by atoms with Gasteiger partial charge in [-0.2, -0.15) is 0 Å². The predicted molar refractivity (Wildman–Crippen MR) is 92.3 cm³/mol. The Morgan fingerprint density at radius 3 is 2.74 bits per heavy atom. The van der Waals surface area contributed by atoms with E-state index < -0.39 is 0 Å². The average molecular weight is 341 g/mol. The summed E-state index contributed by atoms with van der Waals surface area (Å²) in [6.45, 7) is 4.70. The molecule has 0 spiro atoms. The van der Waals surface area contributed by atoms with Gasteiger partial charge in [0.05, 0.1) is 11.1 Å². The van der Waals surface area contributed by atoms with Gasteiger partial charge in [-0.15, -0.1) is 0 Å². The van der Waals surface area contributed by atoms with Gasteiger partial charge in [0.2, 0.25) is 0 Å². The number of hydrogen-bond donors (Lipinski definition) is 2.